The van der Waals surface area contributed by atoms with Crippen molar-refractivity contribution in [3.8, 4) is 0 Å². The molecule has 0 fully saturated rings. The van der Waals surface area contributed by atoms with Gasteiger partial charge in [0.15, 0.2) is 0 Å². The van der Waals surface area contributed by atoms with E-state index < -0.39 is 0 Å². The van der Waals surface area contributed by atoms with Crippen molar-refractivity contribution in [1.29, 1.82) is 0 Å². The second-order valence-electron chi connectivity index (χ2n) is 2.37. The Kier molecular flexibility index (Phi) is 8.01. The van der Waals surface area contributed by atoms with E-state index in [4.69, 9.17) is 4.74 Å². The molecule has 0 N–H and O–H groups in total. The van der Waals surface area contributed by atoms with Gasteiger partial charge in [-0.2, -0.15) is 0 Å². The van der Waals surface area contributed by atoms with Crippen LogP contribution in [-0.2, 0) is 9.53 Å². The molecular weight excluding hydrogens is 208 g/mol. The van der Waals surface area contributed by atoms with Crippen molar-refractivity contribution in [3.63, 3.8) is 0 Å². The SMILES string of the molecule is CCCCCOC(=O)CCBr. The van der Waals surface area contributed by atoms with E-state index >= 15 is 0 Å². The quantitative estimate of drug-likeness (QED) is 0.393. The Balaban J connectivity index is 3.04. The number of carbonyl (C=O) groups is 1. The minimum absolute atomic E-state index is 0.0991. The third-order valence-electron chi connectivity index (χ3n) is 1.31. The molecule has 0 bridgehead atoms. The van der Waals surface area contributed by atoms with Gasteiger partial charge in [-0.05, 0) is 6.42 Å². The van der Waals surface area contributed by atoms with E-state index in [2.05, 4.69) is 22.9 Å². The van der Waals surface area contributed by atoms with Crippen LogP contribution in [0.15, 0.2) is 0 Å². The van der Waals surface area contributed by atoms with Gasteiger partial charge in [0.25, 0.3) is 0 Å². The smallest absolute Gasteiger partial charge is 0.306 e. The van der Waals surface area contributed by atoms with Crippen molar-refractivity contribution in [1.82, 2.24) is 0 Å². The lowest BCUT2D eigenvalue weighted by atomic mass is 10.3. The topological polar surface area (TPSA) is 26.3 Å². The van der Waals surface area contributed by atoms with Crippen LogP contribution in [0, 0.1) is 0 Å². The Bertz CT molecular complexity index is 104. The maximum atomic E-state index is 10.8. The van der Waals surface area contributed by atoms with Gasteiger partial charge in [-0.15, -0.1) is 0 Å². The molecule has 0 amide bonds. The molecule has 3 heteroatoms. The summed E-state index contributed by atoms with van der Waals surface area (Å²) in [5, 5.41) is 0.694. The fourth-order valence-electron chi connectivity index (χ4n) is 0.687. The second kappa shape index (κ2) is 8.05. The predicted molar refractivity (Wildman–Crippen MR) is 48.9 cm³/mol. The third-order valence-corrected chi connectivity index (χ3v) is 1.71. The lowest BCUT2D eigenvalue weighted by Gasteiger charge is -2.01. The van der Waals surface area contributed by atoms with E-state index in [9.17, 15) is 4.79 Å². The molecule has 0 rings (SSSR count). The van der Waals surface area contributed by atoms with Gasteiger partial charge < -0.3 is 4.74 Å². The molecule has 0 aliphatic carbocycles. The molecule has 66 valence electrons. The van der Waals surface area contributed by atoms with Crippen LogP contribution in [0.2, 0.25) is 0 Å². The maximum Gasteiger partial charge on any atom is 0.306 e. The minimum Gasteiger partial charge on any atom is -0.466 e. The van der Waals surface area contributed by atoms with Crippen molar-refractivity contribution in [3.05, 3.63) is 0 Å². The van der Waals surface area contributed by atoms with Crippen LogP contribution in [-0.4, -0.2) is 17.9 Å². The number of esters is 1. The van der Waals surface area contributed by atoms with Crippen LogP contribution in [0.3, 0.4) is 0 Å². The van der Waals surface area contributed by atoms with Crippen LogP contribution >= 0.6 is 15.9 Å². The van der Waals surface area contributed by atoms with E-state index in [1.807, 2.05) is 0 Å². The number of alkyl halides is 1. The lowest BCUT2D eigenvalue weighted by Crippen LogP contribution is -2.05. The second-order valence-corrected chi connectivity index (χ2v) is 3.16. The van der Waals surface area contributed by atoms with Crippen molar-refractivity contribution < 1.29 is 9.53 Å². The van der Waals surface area contributed by atoms with E-state index in [0.717, 1.165) is 19.3 Å². The minimum atomic E-state index is -0.0991. The fourth-order valence-corrected chi connectivity index (χ4v) is 1.01. The number of rotatable bonds is 6. The Morgan fingerprint density at radius 2 is 2.18 bits per heavy atom. The van der Waals surface area contributed by atoms with Crippen LogP contribution in [0.25, 0.3) is 0 Å². The molecule has 0 saturated heterocycles. The lowest BCUT2D eigenvalue weighted by molar-refractivity contribution is -0.143. The number of ether oxygens (including phenoxy) is 1. The van der Waals surface area contributed by atoms with Gasteiger partial charge in [0.05, 0.1) is 13.0 Å². The predicted octanol–water partition coefficient (Wildman–Crippen LogP) is 2.50. The molecule has 0 unspecified atom stereocenters. The van der Waals surface area contributed by atoms with E-state index in [-0.39, 0.29) is 5.97 Å². The standard InChI is InChI=1S/C8H15BrO2/c1-2-3-4-7-11-8(10)5-6-9/h2-7H2,1H3. The molecule has 11 heavy (non-hydrogen) atoms. The molecule has 0 aliphatic heterocycles. The van der Waals surface area contributed by atoms with Gasteiger partial charge in [-0.1, -0.05) is 35.7 Å². The summed E-state index contributed by atoms with van der Waals surface area (Å²) in [6.07, 6.45) is 3.77. The summed E-state index contributed by atoms with van der Waals surface area (Å²) in [6, 6.07) is 0. The normalized spacial score (nSPS) is 9.64. The molecule has 0 heterocycles. The summed E-state index contributed by atoms with van der Waals surface area (Å²) < 4.78 is 4.92. The first-order valence-electron chi connectivity index (χ1n) is 4.02. The zero-order chi connectivity index (χ0) is 8.53. The highest BCUT2D eigenvalue weighted by Gasteiger charge is 1.99. The molecule has 0 aromatic rings. The van der Waals surface area contributed by atoms with Crippen molar-refractivity contribution in [2.45, 2.75) is 32.6 Å². The van der Waals surface area contributed by atoms with E-state index in [1.165, 1.54) is 0 Å². The molecule has 0 aromatic heterocycles. The summed E-state index contributed by atoms with van der Waals surface area (Å²) in [5.74, 6) is -0.0991. The Labute approximate surface area is 76.4 Å². The first-order valence-corrected chi connectivity index (χ1v) is 5.15. The molecule has 2 nitrogen and oxygen atoms in total. The molecular formula is C8H15BrO2. The zero-order valence-electron chi connectivity index (χ0n) is 6.94. The molecule has 0 aliphatic rings. The number of unbranched alkanes of at least 4 members (excludes halogenated alkanes) is 2. The van der Waals surface area contributed by atoms with E-state index in [0.29, 0.717) is 18.4 Å². The maximum absolute atomic E-state index is 10.8. The molecule has 0 spiro atoms. The first kappa shape index (κ1) is 11.0. The molecule has 0 radical (unpaired) electrons. The number of hydrogen-bond acceptors (Lipinski definition) is 2. The van der Waals surface area contributed by atoms with Crippen LogP contribution in [0.4, 0.5) is 0 Å². The summed E-state index contributed by atoms with van der Waals surface area (Å²) in [6.45, 7) is 2.71. The highest BCUT2D eigenvalue weighted by Crippen LogP contribution is 1.96. The largest absolute Gasteiger partial charge is 0.466 e. The van der Waals surface area contributed by atoms with Crippen LogP contribution < -0.4 is 0 Å². The molecule has 0 atom stereocenters. The number of halogens is 1. The first-order chi connectivity index (χ1) is 5.31. The summed E-state index contributed by atoms with van der Waals surface area (Å²) in [7, 11) is 0. The van der Waals surface area contributed by atoms with Crippen LogP contribution in [0.5, 0.6) is 0 Å². The van der Waals surface area contributed by atoms with E-state index in [1.54, 1.807) is 0 Å². The number of hydrogen-bond donors (Lipinski definition) is 0. The Morgan fingerprint density at radius 1 is 1.45 bits per heavy atom. The van der Waals surface area contributed by atoms with Gasteiger partial charge >= 0.3 is 5.97 Å². The van der Waals surface area contributed by atoms with Gasteiger partial charge in [0.1, 0.15) is 0 Å². The highest BCUT2D eigenvalue weighted by molar-refractivity contribution is 9.09. The summed E-state index contributed by atoms with van der Waals surface area (Å²) >= 11 is 3.17. The number of carbonyl (C=O) groups excluding carboxylic acids is 1. The van der Waals surface area contributed by atoms with Gasteiger partial charge in [-0.3, -0.25) is 4.79 Å². The summed E-state index contributed by atoms with van der Waals surface area (Å²) in [4.78, 5) is 10.8. The van der Waals surface area contributed by atoms with Crippen molar-refractivity contribution in [2.24, 2.45) is 0 Å². The fraction of sp³-hybridized carbons (Fsp3) is 0.875. The van der Waals surface area contributed by atoms with Gasteiger partial charge in [0.2, 0.25) is 0 Å². The average molecular weight is 223 g/mol. The molecule has 0 aromatic carbocycles. The summed E-state index contributed by atoms with van der Waals surface area (Å²) in [5.41, 5.74) is 0. The Morgan fingerprint density at radius 3 is 2.73 bits per heavy atom. The van der Waals surface area contributed by atoms with Crippen LogP contribution in [0.1, 0.15) is 32.6 Å². The third kappa shape index (κ3) is 7.85. The zero-order valence-corrected chi connectivity index (χ0v) is 8.52. The average Bonchev–Trinajstić information content (AvgIpc) is 1.99. The highest BCUT2D eigenvalue weighted by atomic mass is 79.9. The van der Waals surface area contributed by atoms with Crippen molar-refractivity contribution in [2.75, 3.05) is 11.9 Å². The Hall–Kier alpha value is -0.0500. The monoisotopic (exact) mass is 222 g/mol. The molecule has 0 saturated carbocycles. The van der Waals surface area contributed by atoms with Gasteiger partial charge in [0, 0.05) is 5.33 Å². The van der Waals surface area contributed by atoms with Crippen molar-refractivity contribution >= 4 is 21.9 Å². The van der Waals surface area contributed by atoms with Gasteiger partial charge in [-0.25, -0.2) is 0 Å².